The largest absolute Gasteiger partial charge is 0.392 e. The Morgan fingerprint density at radius 3 is 2.95 bits per heavy atom. The standard InChI is InChI=1S/C15H14N2OS/c18-10-12-5-6-16-9-14(12)17-8-13-7-11-3-1-2-4-15(11)19-13/h1-7,9,17-18H,8,10H2. The number of nitrogens with one attached hydrogen (secondary N) is 1. The Kier molecular flexibility index (Phi) is 3.44. The lowest BCUT2D eigenvalue weighted by atomic mass is 10.2. The highest BCUT2D eigenvalue weighted by Crippen LogP contribution is 2.26. The molecule has 0 aliphatic rings. The minimum absolute atomic E-state index is 0.0251. The van der Waals surface area contributed by atoms with Gasteiger partial charge in [-0.2, -0.15) is 0 Å². The monoisotopic (exact) mass is 270 g/mol. The predicted octanol–water partition coefficient (Wildman–Crippen LogP) is 3.40. The molecule has 0 saturated heterocycles. The SMILES string of the molecule is OCc1ccncc1NCc1cc2ccccc2s1. The van der Waals surface area contributed by atoms with Crippen LogP contribution in [-0.2, 0) is 13.2 Å². The molecule has 4 heteroatoms. The molecule has 0 unspecified atom stereocenters. The smallest absolute Gasteiger partial charge is 0.0703 e. The van der Waals surface area contributed by atoms with E-state index in [2.05, 4.69) is 40.6 Å². The van der Waals surface area contributed by atoms with Gasteiger partial charge in [-0.05, 0) is 23.6 Å². The number of rotatable bonds is 4. The van der Waals surface area contributed by atoms with Crippen LogP contribution in [0.3, 0.4) is 0 Å². The maximum absolute atomic E-state index is 9.26. The zero-order valence-corrected chi connectivity index (χ0v) is 11.2. The molecule has 0 saturated carbocycles. The van der Waals surface area contributed by atoms with Crippen molar-refractivity contribution in [2.24, 2.45) is 0 Å². The molecule has 0 aliphatic heterocycles. The summed E-state index contributed by atoms with van der Waals surface area (Å²) in [6.07, 6.45) is 3.44. The van der Waals surface area contributed by atoms with Crippen LogP contribution >= 0.6 is 11.3 Å². The molecule has 3 nitrogen and oxygen atoms in total. The van der Waals surface area contributed by atoms with E-state index < -0.39 is 0 Å². The van der Waals surface area contributed by atoms with Gasteiger partial charge in [0.05, 0.1) is 18.5 Å². The molecule has 3 rings (SSSR count). The number of hydrogen-bond donors (Lipinski definition) is 2. The molecule has 0 atom stereocenters. The molecule has 0 radical (unpaired) electrons. The summed E-state index contributed by atoms with van der Waals surface area (Å²) in [4.78, 5) is 5.35. The first kappa shape index (κ1) is 12.1. The van der Waals surface area contributed by atoms with Gasteiger partial charge in [0.25, 0.3) is 0 Å². The number of hydrogen-bond acceptors (Lipinski definition) is 4. The molecule has 2 aromatic heterocycles. The van der Waals surface area contributed by atoms with Gasteiger partial charge in [-0.1, -0.05) is 18.2 Å². The Labute approximate surface area is 115 Å². The Morgan fingerprint density at radius 2 is 2.11 bits per heavy atom. The van der Waals surface area contributed by atoms with Crippen molar-refractivity contribution in [1.29, 1.82) is 0 Å². The lowest BCUT2D eigenvalue weighted by Crippen LogP contribution is -2.01. The normalized spacial score (nSPS) is 10.8. The molecule has 0 aliphatic carbocycles. The highest BCUT2D eigenvalue weighted by Gasteiger charge is 2.03. The highest BCUT2D eigenvalue weighted by atomic mass is 32.1. The van der Waals surface area contributed by atoms with Gasteiger partial charge in [-0.15, -0.1) is 11.3 Å². The van der Waals surface area contributed by atoms with Crippen molar-refractivity contribution >= 4 is 27.1 Å². The first-order valence-corrected chi connectivity index (χ1v) is 6.93. The molecule has 0 amide bonds. The van der Waals surface area contributed by atoms with Crippen LogP contribution in [0, 0.1) is 0 Å². The van der Waals surface area contributed by atoms with Crippen LogP contribution in [0.5, 0.6) is 0 Å². The van der Waals surface area contributed by atoms with Gasteiger partial charge < -0.3 is 10.4 Å². The number of pyridine rings is 1. The number of aromatic nitrogens is 1. The average molecular weight is 270 g/mol. The third kappa shape index (κ3) is 2.59. The zero-order chi connectivity index (χ0) is 13.1. The van der Waals surface area contributed by atoms with E-state index in [4.69, 9.17) is 0 Å². The van der Waals surface area contributed by atoms with Crippen LogP contribution < -0.4 is 5.32 Å². The summed E-state index contributed by atoms with van der Waals surface area (Å²) in [5.74, 6) is 0. The first-order valence-electron chi connectivity index (χ1n) is 6.12. The number of nitrogens with zero attached hydrogens (tertiary/aromatic N) is 1. The van der Waals surface area contributed by atoms with Crippen LogP contribution in [-0.4, -0.2) is 10.1 Å². The van der Waals surface area contributed by atoms with Gasteiger partial charge in [-0.25, -0.2) is 0 Å². The molecular formula is C15H14N2OS. The number of aliphatic hydroxyl groups is 1. The van der Waals surface area contributed by atoms with Crippen molar-refractivity contribution in [2.75, 3.05) is 5.32 Å². The summed E-state index contributed by atoms with van der Waals surface area (Å²) in [5.41, 5.74) is 1.76. The second kappa shape index (κ2) is 5.38. The molecule has 0 spiro atoms. The van der Waals surface area contributed by atoms with Crippen molar-refractivity contribution in [3.8, 4) is 0 Å². The van der Waals surface area contributed by atoms with Crippen molar-refractivity contribution in [1.82, 2.24) is 4.98 Å². The highest BCUT2D eigenvalue weighted by molar-refractivity contribution is 7.19. The zero-order valence-electron chi connectivity index (χ0n) is 10.3. The van der Waals surface area contributed by atoms with E-state index in [9.17, 15) is 5.11 Å². The predicted molar refractivity (Wildman–Crippen MR) is 79.3 cm³/mol. The lowest BCUT2D eigenvalue weighted by molar-refractivity contribution is 0.282. The maximum Gasteiger partial charge on any atom is 0.0703 e. The topological polar surface area (TPSA) is 45.2 Å². The second-order valence-corrected chi connectivity index (χ2v) is 5.46. The molecule has 96 valence electrons. The summed E-state index contributed by atoms with van der Waals surface area (Å²) < 4.78 is 1.30. The van der Waals surface area contributed by atoms with Crippen molar-refractivity contribution in [2.45, 2.75) is 13.2 Å². The van der Waals surface area contributed by atoms with Crippen LogP contribution in [0.25, 0.3) is 10.1 Å². The van der Waals surface area contributed by atoms with Crippen LogP contribution in [0.15, 0.2) is 48.8 Å². The number of aliphatic hydroxyl groups excluding tert-OH is 1. The van der Waals surface area contributed by atoms with Gasteiger partial charge in [0.2, 0.25) is 0 Å². The fourth-order valence-electron chi connectivity index (χ4n) is 2.03. The van der Waals surface area contributed by atoms with Gasteiger partial charge in [0.15, 0.2) is 0 Å². The third-order valence-corrected chi connectivity index (χ3v) is 4.13. The van der Waals surface area contributed by atoms with Gasteiger partial charge >= 0.3 is 0 Å². The number of thiophene rings is 1. The maximum atomic E-state index is 9.26. The van der Waals surface area contributed by atoms with E-state index in [1.807, 2.05) is 6.07 Å². The molecule has 1 aromatic carbocycles. The minimum Gasteiger partial charge on any atom is -0.392 e. The Hall–Kier alpha value is -1.91. The van der Waals surface area contributed by atoms with E-state index in [-0.39, 0.29) is 6.61 Å². The lowest BCUT2D eigenvalue weighted by Gasteiger charge is -2.08. The van der Waals surface area contributed by atoms with Crippen molar-refractivity contribution in [3.05, 3.63) is 59.2 Å². The Balaban J connectivity index is 1.78. The van der Waals surface area contributed by atoms with Crippen LogP contribution in [0.4, 0.5) is 5.69 Å². The molecule has 19 heavy (non-hydrogen) atoms. The summed E-state index contributed by atoms with van der Waals surface area (Å²) in [5, 5.41) is 13.9. The molecule has 0 fully saturated rings. The summed E-state index contributed by atoms with van der Waals surface area (Å²) in [7, 11) is 0. The van der Waals surface area contributed by atoms with Gasteiger partial charge in [-0.3, -0.25) is 4.98 Å². The van der Waals surface area contributed by atoms with Crippen molar-refractivity contribution in [3.63, 3.8) is 0 Å². The number of benzene rings is 1. The molecular weight excluding hydrogens is 256 g/mol. The van der Waals surface area contributed by atoms with E-state index in [0.29, 0.717) is 0 Å². The summed E-state index contributed by atoms with van der Waals surface area (Å²) in [6, 6.07) is 12.4. The van der Waals surface area contributed by atoms with Gasteiger partial charge in [0, 0.05) is 27.9 Å². The van der Waals surface area contributed by atoms with Gasteiger partial charge in [0.1, 0.15) is 0 Å². The fourth-order valence-corrected chi connectivity index (χ4v) is 3.03. The number of fused-ring (bicyclic) bond motifs is 1. The summed E-state index contributed by atoms with van der Waals surface area (Å²) >= 11 is 1.78. The fraction of sp³-hybridized carbons (Fsp3) is 0.133. The van der Waals surface area contributed by atoms with E-state index in [1.165, 1.54) is 15.0 Å². The Bertz CT molecular complexity index is 660. The second-order valence-electron chi connectivity index (χ2n) is 4.30. The van der Waals surface area contributed by atoms with E-state index >= 15 is 0 Å². The molecule has 2 N–H and O–H groups in total. The van der Waals surface area contributed by atoms with E-state index in [1.54, 1.807) is 23.7 Å². The molecule has 2 heterocycles. The van der Waals surface area contributed by atoms with E-state index in [0.717, 1.165) is 17.8 Å². The molecule has 3 aromatic rings. The third-order valence-electron chi connectivity index (χ3n) is 3.01. The first-order chi connectivity index (χ1) is 9.36. The number of anilines is 1. The summed E-state index contributed by atoms with van der Waals surface area (Å²) in [6.45, 7) is 0.773. The van der Waals surface area contributed by atoms with Crippen LogP contribution in [0.1, 0.15) is 10.4 Å². The molecule has 0 bridgehead atoms. The minimum atomic E-state index is 0.0251. The van der Waals surface area contributed by atoms with Crippen molar-refractivity contribution < 1.29 is 5.11 Å². The average Bonchev–Trinajstić information content (AvgIpc) is 2.88. The Morgan fingerprint density at radius 1 is 1.21 bits per heavy atom. The quantitative estimate of drug-likeness (QED) is 0.763. The van der Waals surface area contributed by atoms with Crippen LogP contribution in [0.2, 0.25) is 0 Å².